The number of nitrogens with zero attached hydrogens (tertiary/aromatic N) is 2. The highest BCUT2D eigenvalue weighted by Crippen LogP contribution is 2.39. The number of hydrazine groups is 1. The van der Waals surface area contributed by atoms with E-state index in [1.807, 2.05) is 0 Å². The second kappa shape index (κ2) is 8.45. The van der Waals surface area contributed by atoms with Gasteiger partial charge in [-0.25, -0.2) is 10.4 Å². The number of anilines is 2. The van der Waals surface area contributed by atoms with Crippen LogP contribution in [-0.2, 0) is 14.8 Å². The van der Waals surface area contributed by atoms with Gasteiger partial charge in [0.1, 0.15) is 10.7 Å². The summed E-state index contributed by atoms with van der Waals surface area (Å²) in [7, 11) is -4.18. The Morgan fingerprint density at radius 1 is 1.03 bits per heavy atom. The van der Waals surface area contributed by atoms with Crippen molar-refractivity contribution in [3.8, 4) is 0 Å². The van der Waals surface area contributed by atoms with Crippen molar-refractivity contribution in [1.82, 2.24) is 5.43 Å². The number of ketones is 1. The van der Waals surface area contributed by atoms with E-state index in [0.717, 1.165) is 5.01 Å². The van der Waals surface area contributed by atoms with Crippen LogP contribution in [0.15, 0.2) is 57.8 Å². The van der Waals surface area contributed by atoms with Crippen LogP contribution in [0.25, 0.3) is 0 Å². The maximum atomic E-state index is 13.6. The van der Waals surface area contributed by atoms with E-state index in [9.17, 15) is 31.2 Å². The minimum Gasteiger partial charge on any atom is -0.341 e. The monoisotopic (exact) mass is 506 g/mol. The largest absolute Gasteiger partial charge is 0.391 e. The van der Waals surface area contributed by atoms with Crippen molar-refractivity contribution in [3.05, 3.63) is 54.1 Å². The van der Waals surface area contributed by atoms with E-state index >= 15 is 0 Å². The Morgan fingerprint density at radius 2 is 1.74 bits per heavy atom. The summed E-state index contributed by atoms with van der Waals surface area (Å²) in [6.45, 7) is 0. The standard InChI is InChI=1S/C23H21F3N4O4S/c24-23(25,26)13-6-5-7-14(12-13)28-30-17-10-3-1-8-15(17)20(31)19(22(30)32)21-27-16-9-2-4-11-18(16)35(33,34)29-21/h1-4,8-11,13-14,19,28H,5-7,12H2,(H,27,29). The maximum Gasteiger partial charge on any atom is 0.391 e. The molecule has 2 N–H and O–H groups in total. The smallest absolute Gasteiger partial charge is 0.341 e. The molecule has 1 fully saturated rings. The van der Waals surface area contributed by atoms with E-state index in [4.69, 9.17) is 0 Å². The molecule has 3 unspecified atom stereocenters. The third-order valence-electron chi connectivity index (χ3n) is 6.51. The van der Waals surface area contributed by atoms with Gasteiger partial charge in [0, 0.05) is 11.6 Å². The molecule has 3 atom stereocenters. The Balaban J connectivity index is 1.51. The Kier molecular flexibility index (Phi) is 5.67. The van der Waals surface area contributed by atoms with E-state index in [-0.39, 0.29) is 40.5 Å². The summed E-state index contributed by atoms with van der Waals surface area (Å²) in [6.07, 6.45) is -3.79. The van der Waals surface area contributed by atoms with E-state index < -0.39 is 45.8 Å². The highest BCUT2D eigenvalue weighted by Gasteiger charge is 2.47. The lowest BCUT2D eigenvalue weighted by molar-refractivity contribution is -0.183. The lowest BCUT2D eigenvalue weighted by Gasteiger charge is -2.39. The van der Waals surface area contributed by atoms with Crippen LogP contribution in [0, 0.1) is 11.8 Å². The van der Waals surface area contributed by atoms with Gasteiger partial charge in [-0.15, -0.1) is 4.40 Å². The van der Waals surface area contributed by atoms with Gasteiger partial charge in [-0.05, 0) is 43.5 Å². The number of carbonyl (C=O) groups is 2. The first-order chi connectivity index (χ1) is 16.6. The molecule has 12 heteroatoms. The van der Waals surface area contributed by atoms with Crippen LogP contribution in [0.2, 0.25) is 0 Å². The number of amides is 1. The molecule has 0 radical (unpaired) electrons. The summed E-state index contributed by atoms with van der Waals surface area (Å²) in [5.74, 6) is -4.92. The van der Waals surface area contributed by atoms with Gasteiger partial charge in [0.25, 0.3) is 15.9 Å². The van der Waals surface area contributed by atoms with Crippen LogP contribution in [-0.4, -0.2) is 38.2 Å². The Bertz CT molecular complexity index is 1340. The zero-order valence-corrected chi connectivity index (χ0v) is 19.1. The molecule has 3 aliphatic rings. The molecular formula is C23H21F3N4O4S. The van der Waals surface area contributed by atoms with Crippen LogP contribution in [0.3, 0.4) is 0 Å². The molecule has 0 spiro atoms. The summed E-state index contributed by atoms with van der Waals surface area (Å²) in [4.78, 5) is 26.8. The normalized spacial score (nSPS) is 25.9. The number of sulfonamides is 1. The Morgan fingerprint density at radius 3 is 2.51 bits per heavy atom. The van der Waals surface area contributed by atoms with Crippen molar-refractivity contribution in [3.63, 3.8) is 0 Å². The number of alkyl halides is 3. The van der Waals surface area contributed by atoms with Crippen molar-refractivity contribution in [2.24, 2.45) is 16.2 Å². The van der Waals surface area contributed by atoms with E-state index in [1.54, 1.807) is 18.2 Å². The number of nitrogens with one attached hydrogen (secondary N) is 2. The maximum absolute atomic E-state index is 13.6. The summed E-state index contributed by atoms with van der Waals surface area (Å²) < 4.78 is 69.1. The molecule has 2 heterocycles. The number of amidine groups is 1. The van der Waals surface area contributed by atoms with Gasteiger partial charge < -0.3 is 5.32 Å². The van der Waals surface area contributed by atoms with Crippen LogP contribution < -0.4 is 15.8 Å². The van der Waals surface area contributed by atoms with Crippen molar-refractivity contribution >= 4 is 38.9 Å². The number of para-hydroxylation sites is 2. The number of hydrogen-bond donors (Lipinski definition) is 2. The van der Waals surface area contributed by atoms with Crippen molar-refractivity contribution < 1.29 is 31.2 Å². The molecule has 0 aromatic heterocycles. The molecule has 8 nitrogen and oxygen atoms in total. The van der Waals surface area contributed by atoms with Gasteiger partial charge in [-0.3, -0.25) is 9.59 Å². The minimum absolute atomic E-state index is 0.0192. The second-order valence-corrected chi connectivity index (χ2v) is 10.4. The molecular weight excluding hydrogens is 485 g/mol. The fourth-order valence-corrected chi connectivity index (χ4v) is 5.97. The number of fused-ring (bicyclic) bond motifs is 2. The average molecular weight is 507 g/mol. The zero-order chi connectivity index (χ0) is 25.0. The molecule has 1 saturated carbocycles. The van der Waals surface area contributed by atoms with Crippen LogP contribution >= 0.6 is 0 Å². The number of Topliss-reactive ketones (excluding diaryl/α,β-unsaturated/α-hetero) is 1. The first kappa shape index (κ1) is 23.5. The predicted octanol–water partition coefficient (Wildman–Crippen LogP) is 3.67. The van der Waals surface area contributed by atoms with Crippen LogP contribution in [0.5, 0.6) is 0 Å². The molecule has 0 saturated heterocycles. The first-order valence-electron chi connectivity index (χ1n) is 11.1. The lowest BCUT2D eigenvalue weighted by Crippen LogP contribution is -2.58. The highest BCUT2D eigenvalue weighted by molar-refractivity contribution is 7.90. The SMILES string of the molecule is O=C1c2ccccc2N(NC2CCCC(C(F)(F)F)C2)C(=O)C1C1=NS(=O)(=O)c2ccccc2N1. The van der Waals surface area contributed by atoms with Gasteiger partial charge in [0.05, 0.1) is 17.3 Å². The van der Waals surface area contributed by atoms with E-state index in [2.05, 4.69) is 15.1 Å². The molecule has 1 amide bonds. The molecule has 5 rings (SSSR count). The Hall–Kier alpha value is -3.25. The third-order valence-corrected chi connectivity index (χ3v) is 7.86. The average Bonchev–Trinajstić information content (AvgIpc) is 2.81. The lowest BCUT2D eigenvalue weighted by atomic mass is 9.85. The predicted molar refractivity (Wildman–Crippen MR) is 121 cm³/mol. The first-order valence-corrected chi connectivity index (χ1v) is 12.5. The number of benzene rings is 2. The summed E-state index contributed by atoms with van der Waals surface area (Å²) in [5.41, 5.74) is 3.41. The quantitative estimate of drug-likeness (QED) is 0.615. The van der Waals surface area contributed by atoms with Gasteiger partial charge in [-0.1, -0.05) is 30.7 Å². The number of rotatable bonds is 3. The van der Waals surface area contributed by atoms with Gasteiger partial charge in [0.2, 0.25) is 0 Å². The topological polar surface area (TPSA) is 108 Å². The van der Waals surface area contributed by atoms with Crippen molar-refractivity contribution in [2.75, 3.05) is 10.3 Å². The molecule has 35 heavy (non-hydrogen) atoms. The fourth-order valence-electron chi connectivity index (χ4n) is 4.81. The highest BCUT2D eigenvalue weighted by atomic mass is 32.2. The molecule has 1 aliphatic carbocycles. The molecule has 2 aliphatic heterocycles. The second-order valence-electron chi connectivity index (χ2n) is 8.79. The summed E-state index contributed by atoms with van der Waals surface area (Å²) in [6, 6.07) is 11.5. The van der Waals surface area contributed by atoms with Gasteiger partial charge in [0.15, 0.2) is 11.7 Å². The van der Waals surface area contributed by atoms with Crippen LogP contribution in [0.1, 0.15) is 36.0 Å². The molecule has 0 bridgehead atoms. The zero-order valence-electron chi connectivity index (χ0n) is 18.2. The Labute approximate surface area is 199 Å². The number of halogens is 3. The van der Waals surface area contributed by atoms with Crippen molar-refractivity contribution in [2.45, 2.75) is 42.8 Å². The molecule has 2 aromatic rings. The van der Waals surface area contributed by atoms with Gasteiger partial charge in [-0.2, -0.15) is 21.6 Å². The van der Waals surface area contributed by atoms with Crippen LogP contribution in [0.4, 0.5) is 24.5 Å². The minimum atomic E-state index is -4.34. The summed E-state index contributed by atoms with van der Waals surface area (Å²) >= 11 is 0. The molecule has 184 valence electrons. The van der Waals surface area contributed by atoms with E-state index in [0.29, 0.717) is 12.8 Å². The van der Waals surface area contributed by atoms with Crippen molar-refractivity contribution in [1.29, 1.82) is 0 Å². The number of hydrogen-bond acceptors (Lipinski definition) is 6. The van der Waals surface area contributed by atoms with Gasteiger partial charge >= 0.3 is 6.18 Å². The summed E-state index contributed by atoms with van der Waals surface area (Å²) in [5, 5.41) is 3.86. The third kappa shape index (κ3) is 4.20. The van der Waals surface area contributed by atoms with E-state index in [1.165, 1.54) is 30.3 Å². The molecule has 2 aromatic carbocycles. The number of carbonyl (C=O) groups excluding carboxylic acids is 2. The fraction of sp³-hybridized carbons (Fsp3) is 0.348.